The van der Waals surface area contributed by atoms with Crippen molar-refractivity contribution in [2.75, 3.05) is 30.9 Å². The fraction of sp³-hybridized carbons (Fsp3) is 0.435. The normalized spacial score (nSPS) is 27.7. The van der Waals surface area contributed by atoms with Gasteiger partial charge in [0.1, 0.15) is 0 Å². The maximum Gasteiger partial charge on any atom is 0.255 e. The highest BCUT2D eigenvalue weighted by Gasteiger charge is 2.68. The number of hydrogen-bond donors (Lipinski definition) is 1. The van der Waals surface area contributed by atoms with E-state index in [1.54, 1.807) is 19.0 Å². The van der Waals surface area contributed by atoms with Gasteiger partial charge in [0.2, 0.25) is 0 Å². The van der Waals surface area contributed by atoms with E-state index in [9.17, 15) is 26.4 Å². The van der Waals surface area contributed by atoms with Crippen LogP contribution in [0.1, 0.15) is 29.6 Å². The number of amides is 1. The Kier molecular flexibility index (Phi) is 5.02. The van der Waals surface area contributed by atoms with Gasteiger partial charge in [0.05, 0.1) is 28.0 Å². The maximum atomic E-state index is 13.8. The molecule has 3 fully saturated rings. The van der Waals surface area contributed by atoms with E-state index >= 15 is 0 Å². The highest BCUT2D eigenvalue weighted by atomic mass is 32.2. The van der Waals surface area contributed by atoms with Crippen molar-refractivity contribution in [3.05, 3.63) is 53.3 Å². The van der Waals surface area contributed by atoms with Gasteiger partial charge in [-0.15, -0.1) is 0 Å². The zero-order valence-electron chi connectivity index (χ0n) is 18.1. The molecule has 1 spiro atoms. The molecule has 0 radical (unpaired) electrons. The molecule has 0 aromatic heterocycles. The van der Waals surface area contributed by atoms with Gasteiger partial charge in [-0.05, 0) is 43.4 Å². The van der Waals surface area contributed by atoms with Gasteiger partial charge in [0, 0.05) is 43.4 Å². The molecule has 5 rings (SSSR count). The molecule has 1 saturated heterocycles. The lowest BCUT2D eigenvalue weighted by Crippen LogP contribution is -2.31. The minimum atomic E-state index is -3.80. The molecule has 1 aliphatic heterocycles. The van der Waals surface area contributed by atoms with E-state index in [2.05, 4.69) is 5.32 Å². The molecule has 176 valence electrons. The van der Waals surface area contributed by atoms with Crippen LogP contribution in [0.25, 0.3) is 0 Å². The third-order valence-corrected chi connectivity index (χ3v) is 9.49. The number of epoxide rings is 1. The van der Waals surface area contributed by atoms with Crippen molar-refractivity contribution in [1.29, 1.82) is 0 Å². The number of carbonyl (C=O) groups is 1. The van der Waals surface area contributed by atoms with Gasteiger partial charge < -0.3 is 15.0 Å². The largest absolute Gasteiger partial charge is 0.377 e. The standard InChI is InChI=1S/C23H23F3N2O4S/c1-28(2)18-6-4-12(22(29)27-14-8-16(24)20(26)17(25)9-14)7-19(18)33(30,31)21-13-3-5-15(21)23(10-13)11-32-23/h4,6-9,13,15,21H,3,5,10-11H2,1-2H3,(H,27,29)/t13?,15?,21-,23+/m1/s1. The van der Waals surface area contributed by atoms with E-state index in [1.165, 1.54) is 18.2 Å². The van der Waals surface area contributed by atoms with Crippen LogP contribution in [0.15, 0.2) is 35.2 Å². The van der Waals surface area contributed by atoms with Gasteiger partial charge >= 0.3 is 0 Å². The Morgan fingerprint density at radius 3 is 2.36 bits per heavy atom. The van der Waals surface area contributed by atoms with E-state index in [0.717, 1.165) is 19.3 Å². The monoisotopic (exact) mass is 480 g/mol. The minimum absolute atomic E-state index is 0.00652. The number of sulfone groups is 1. The fourth-order valence-electron chi connectivity index (χ4n) is 5.55. The summed E-state index contributed by atoms with van der Waals surface area (Å²) in [5.74, 6) is -5.34. The zero-order chi connectivity index (χ0) is 23.7. The summed E-state index contributed by atoms with van der Waals surface area (Å²) in [5, 5.41) is 1.73. The molecule has 6 nitrogen and oxygen atoms in total. The van der Waals surface area contributed by atoms with E-state index in [0.29, 0.717) is 24.4 Å². The number of benzene rings is 2. The molecule has 3 aliphatic rings. The van der Waals surface area contributed by atoms with Crippen LogP contribution in [0.5, 0.6) is 0 Å². The maximum absolute atomic E-state index is 13.8. The van der Waals surface area contributed by atoms with Crippen LogP contribution >= 0.6 is 0 Å². The smallest absolute Gasteiger partial charge is 0.255 e. The minimum Gasteiger partial charge on any atom is -0.377 e. The molecule has 2 saturated carbocycles. The lowest BCUT2D eigenvalue weighted by molar-refractivity contribution is 0.102. The van der Waals surface area contributed by atoms with Crippen molar-refractivity contribution in [3.8, 4) is 0 Å². The highest BCUT2D eigenvalue weighted by molar-refractivity contribution is 7.92. The Morgan fingerprint density at radius 2 is 1.79 bits per heavy atom. The number of nitrogens with zero attached hydrogens (tertiary/aromatic N) is 1. The third-order valence-electron chi connectivity index (χ3n) is 7.12. The second kappa shape index (κ2) is 7.46. The van der Waals surface area contributed by atoms with Gasteiger partial charge in [-0.2, -0.15) is 0 Å². The molecule has 2 aromatic carbocycles. The number of rotatable bonds is 5. The van der Waals surface area contributed by atoms with Crippen LogP contribution in [0.4, 0.5) is 24.5 Å². The molecule has 33 heavy (non-hydrogen) atoms. The van der Waals surface area contributed by atoms with Gasteiger partial charge in [0.15, 0.2) is 27.3 Å². The first-order valence-electron chi connectivity index (χ1n) is 10.7. The Balaban J connectivity index is 1.50. The molecule has 1 heterocycles. The first-order chi connectivity index (χ1) is 15.5. The average molecular weight is 481 g/mol. The molecule has 4 atom stereocenters. The quantitative estimate of drug-likeness (QED) is 0.521. The highest BCUT2D eigenvalue weighted by Crippen LogP contribution is 2.61. The number of hydrogen-bond acceptors (Lipinski definition) is 5. The molecular formula is C23H23F3N2O4S. The first-order valence-corrected chi connectivity index (χ1v) is 12.2. The fourth-order valence-corrected chi connectivity index (χ4v) is 8.23. The summed E-state index contributed by atoms with van der Waals surface area (Å²) in [7, 11) is -0.370. The Hall–Kier alpha value is -2.59. The molecule has 2 aromatic rings. The Morgan fingerprint density at radius 1 is 1.12 bits per heavy atom. The number of ether oxygens (including phenoxy) is 1. The molecule has 1 amide bonds. The lowest BCUT2D eigenvalue weighted by Gasteiger charge is -2.23. The second-order valence-electron chi connectivity index (χ2n) is 9.30. The van der Waals surface area contributed by atoms with Gasteiger partial charge in [-0.25, -0.2) is 21.6 Å². The summed E-state index contributed by atoms with van der Waals surface area (Å²) in [5.41, 5.74) is -0.140. The Labute approximate surface area is 189 Å². The van der Waals surface area contributed by atoms with Crippen LogP contribution in [0.2, 0.25) is 0 Å². The average Bonchev–Trinajstić information content (AvgIpc) is 3.26. The number of nitrogens with one attached hydrogen (secondary N) is 1. The van der Waals surface area contributed by atoms with Crippen molar-refractivity contribution < 1.29 is 31.1 Å². The molecule has 2 unspecified atom stereocenters. The van der Waals surface area contributed by atoms with E-state index in [4.69, 9.17) is 4.74 Å². The van der Waals surface area contributed by atoms with Crippen LogP contribution in [-0.4, -0.2) is 45.9 Å². The summed E-state index contributed by atoms with van der Waals surface area (Å²) in [6.07, 6.45) is 2.37. The topological polar surface area (TPSA) is 79.0 Å². The van der Waals surface area contributed by atoms with Crippen LogP contribution in [0, 0.1) is 29.3 Å². The first kappa shape index (κ1) is 22.2. The second-order valence-corrected chi connectivity index (χ2v) is 11.4. The molecule has 2 bridgehead atoms. The summed E-state index contributed by atoms with van der Waals surface area (Å²) < 4.78 is 73.6. The van der Waals surface area contributed by atoms with E-state index in [-0.39, 0.29) is 33.6 Å². The summed E-state index contributed by atoms with van der Waals surface area (Å²) in [6, 6.07) is 5.60. The predicted octanol–water partition coefficient (Wildman–Crippen LogP) is 3.76. The van der Waals surface area contributed by atoms with Crippen molar-refractivity contribution >= 4 is 27.1 Å². The third kappa shape index (κ3) is 3.50. The van der Waals surface area contributed by atoms with Gasteiger partial charge in [-0.3, -0.25) is 4.79 Å². The zero-order valence-corrected chi connectivity index (χ0v) is 18.9. The number of fused-ring (bicyclic) bond motifs is 3. The molecule has 2 aliphatic carbocycles. The van der Waals surface area contributed by atoms with Crippen molar-refractivity contribution in [2.45, 2.75) is 35.0 Å². The molecule has 10 heteroatoms. The number of carbonyl (C=O) groups excluding carboxylic acids is 1. The van der Waals surface area contributed by atoms with Gasteiger partial charge in [-0.1, -0.05) is 0 Å². The predicted molar refractivity (Wildman–Crippen MR) is 116 cm³/mol. The van der Waals surface area contributed by atoms with E-state index < -0.39 is 38.4 Å². The van der Waals surface area contributed by atoms with E-state index in [1.807, 2.05) is 0 Å². The van der Waals surface area contributed by atoms with Crippen LogP contribution < -0.4 is 10.2 Å². The lowest BCUT2D eigenvalue weighted by atomic mass is 9.89. The SMILES string of the molecule is CN(C)c1ccc(C(=O)Nc2cc(F)c(F)c(F)c2)cc1S(=O)(=O)[C@@H]1C2CCC1[C@@]1(CO1)C2. The van der Waals surface area contributed by atoms with Crippen molar-refractivity contribution in [3.63, 3.8) is 0 Å². The van der Waals surface area contributed by atoms with Crippen molar-refractivity contribution in [2.24, 2.45) is 11.8 Å². The van der Waals surface area contributed by atoms with Crippen molar-refractivity contribution in [1.82, 2.24) is 0 Å². The summed E-state index contributed by atoms with van der Waals surface area (Å²) >= 11 is 0. The summed E-state index contributed by atoms with van der Waals surface area (Å²) in [4.78, 5) is 14.5. The summed E-state index contributed by atoms with van der Waals surface area (Å²) in [6.45, 7) is 0.591. The molecule has 1 N–H and O–H groups in total. The number of halogens is 3. The molecular weight excluding hydrogens is 457 g/mol. The van der Waals surface area contributed by atoms with Crippen LogP contribution in [-0.2, 0) is 14.6 Å². The Bertz CT molecular complexity index is 1240. The van der Waals surface area contributed by atoms with Gasteiger partial charge in [0.25, 0.3) is 5.91 Å². The van der Waals surface area contributed by atoms with Crippen LogP contribution in [0.3, 0.4) is 0 Å². The number of anilines is 2.